The molecule has 0 bridgehead atoms. The van der Waals surface area contributed by atoms with E-state index in [4.69, 9.17) is 23.2 Å². The third-order valence-electron chi connectivity index (χ3n) is 5.31. The van der Waals surface area contributed by atoms with Crippen LogP contribution in [0, 0.1) is 0 Å². The standard InChI is InChI=1S/C21H20Cl2N2O2/c1-21(27)7-6-15-16(21)10-17(22)19(18(15)23)25-20(26)24-11-12-8-13-4-2-3-5-14(13)9-12/h2-5,8,10,27H,6-7,9,11H2,1H3,(H2,24,25,26). The lowest BCUT2D eigenvalue weighted by Crippen LogP contribution is -2.30. The van der Waals surface area contributed by atoms with Crippen LogP contribution in [-0.2, 0) is 18.4 Å². The van der Waals surface area contributed by atoms with Crippen molar-refractivity contribution in [3.05, 3.63) is 68.2 Å². The van der Waals surface area contributed by atoms with Crippen molar-refractivity contribution in [3.63, 3.8) is 0 Å². The number of hydrogen-bond acceptors (Lipinski definition) is 2. The Morgan fingerprint density at radius 2 is 2.07 bits per heavy atom. The highest BCUT2D eigenvalue weighted by Crippen LogP contribution is 2.45. The van der Waals surface area contributed by atoms with Crippen molar-refractivity contribution in [2.24, 2.45) is 0 Å². The molecule has 2 amide bonds. The largest absolute Gasteiger partial charge is 0.385 e. The normalized spacial score (nSPS) is 20.1. The first-order valence-corrected chi connectivity index (χ1v) is 9.66. The highest BCUT2D eigenvalue weighted by atomic mass is 35.5. The number of carbonyl (C=O) groups excluding carboxylic acids is 1. The van der Waals surface area contributed by atoms with Gasteiger partial charge in [0.1, 0.15) is 0 Å². The molecule has 1 unspecified atom stereocenters. The van der Waals surface area contributed by atoms with E-state index in [1.165, 1.54) is 11.1 Å². The molecule has 0 saturated heterocycles. The van der Waals surface area contributed by atoms with Gasteiger partial charge in [-0.25, -0.2) is 4.79 Å². The third-order valence-corrected chi connectivity index (χ3v) is 6.02. The minimum absolute atomic E-state index is 0.323. The Morgan fingerprint density at radius 1 is 1.30 bits per heavy atom. The van der Waals surface area contributed by atoms with Crippen molar-refractivity contribution in [1.29, 1.82) is 0 Å². The molecule has 4 rings (SSSR count). The molecule has 0 spiro atoms. The van der Waals surface area contributed by atoms with E-state index in [1.807, 2.05) is 12.1 Å². The minimum Gasteiger partial charge on any atom is -0.385 e. The number of amides is 2. The van der Waals surface area contributed by atoms with Gasteiger partial charge in [0, 0.05) is 6.54 Å². The molecule has 0 fully saturated rings. The van der Waals surface area contributed by atoms with E-state index in [0.29, 0.717) is 35.1 Å². The Bertz CT molecular complexity index is 967. The summed E-state index contributed by atoms with van der Waals surface area (Å²) in [7, 11) is 0. The molecule has 0 heterocycles. The van der Waals surface area contributed by atoms with Gasteiger partial charge in [-0.1, -0.05) is 53.5 Å². The number of anilines is 1. The molecule has 2 aromatic carbocycles. The molecule has 2 aliphatic rings. The number of fused-ring (bicyclic) bond motifs is 2. The van der Waals surface area contributed by atoms with E-state index < -0.39 is 5.60 Å². The SMILES string of the molecule is CC1(O)CCc2c1cc(Cl)c(NC(=O)NCC1=Cc3ccccc3C1)c2Cl. The molecule has 0 saturated carbocycles. The molecular weight excluding hydrogens is 383 g/mol. The zero-order valence-corrected chi connectivity index (χ0v) is 16.4. The van der Waals surface area contributed by atoms with E-state index in [0.717, 1.165) is 23.1 Å². The van der Waals surface area contributed by atoms with Crippen molar-refractivity contribution in [2.75, 3.05) is 11.9 Å². The Morgan fingerprint density at radius 3 is 2.85 bits per heavy atom. The Labute approximate surface area is 168 Å². The average molecular weight is 403 g/mol. The fraction of sp³-hybridized carbons (Fsp3) is 0.286. The minimum atomic E-state index is -0.937. The number of rotatable bonds is 3. The number of nitrogens with one attached hydrogen (secondary N) is 2. The predicted molar refractivity (Wildman–Crippen MR) is 109 cm³/mol. The summed E-state index contributed by atoms with van der Waals surface area (Å²) >= 11 is 12.8. The summed E-state index contributed by atoms with van der Waals surface area (Å²) in [6, 6.07) is 9.53. The third kappa shape index (κ3) is 3.45. The zero-order valence-electron chi connectivity index (χ0n) is 14.9. The Hall–Kier alpha value is -2.01. The van der Waals surface area contributed by atoms with Crippen molar-refractivity contribution in [2.45, 2.75) is 31.8 Å². The van der Waals surface area contributed by atoms with Crippen LogP contribution in [0.15, 0.2) is 35.9 Å². The first-order valence-electron chi connectivity index (χ1n) is 8.91. The number of hydrogen-bond donors (Lipinski definition) is 3. The molecule has 6 heteroatoms. The molecule has 27 heavy (non-hydrogen) atoms. The van der Waals surface area contributed by atoms with Gasteiger partial charge in [-0.15, -0.1) is 0 Å². The maximum atomic E-state index is 12.4. The number of aliphatic hydroxyl groups is 1. The molecule has 0 aromatic heterocycles. The first-order chi connectivity index (χ1) is 12.8. The second-order valence-corrected chi connectivity index (χ2v) is 8.12. The Balaban J connectivity index is 1.44. The highest BCUT2D eigenvalue weighted by molar-refractivity contribution is 6.40. The zero-order chi connectivity index (χ0) is 19.2. The number of urea groups is 1. The molecule has 0 aliphatic heterocycles. The topological polar surface area (TPSA) is 61.4 Å². The smallest absolute Gasteiger partial charge is 0.319 e. The fourth-order valence-corrected chi connectivity index (χ4v) is 4.46. The van der Waals surface area contributed by atoms with Gasteiger partial charge in [0.25, 0.3) is 0 Å². The van der Waals surface area contributed by atoms with Crippen LogP contribution >= 0.6 is 23.2 Å². The van der Waals surface area contributed by atoms with Crippen molar-refractivity contribution >= 4 is 41.0 Å². The summed E-state index contributed by atoms with van der Waals surface area (Å²) in [4.78, 5) is 12.4. The molecular formula is C21H20Cl2N2O2. The lowest BCUT2D eigenvalue weighted by atomic mass is 9.98. The van der Waals surface area contributed by atoms with Gasteiger partial charge in [0.05, 0.1) is 21.3 Å². The van der Waals surface area contributed by atoms with E-state index in [-0.39, 0.29) is 6.03 Å². The van der Waals surface area contributed by atoms with Crippen LogP contribution in [0.25, 0.3) is 6.08 Å². The van der Waals surface area contributed by atoms with Crippen LogP contribution in [0.2, 0.25) is 10.0 Å². The van der Waals surface area contributed by atoms with Crippen LogP contribution in [0.5, 0.6) is 0 Å². The van der Waals surface area contributed by atoms with Crippen LogP contribution < -0.4 is 10.6 Å². The molecule has 3 N–H and O–H groups in total. The summed E-state index contributed by atoms with van der Waals surface area (Å²) in [5.74, 6) is 0. The van der Waals surface area contributed by atoms with Gasteiger partial charge < -0.3 is 15.7 Å². The number of halogens is 2. The van der Waals surface area contributed by atoms with E-state index in [2.05, 4.69) is 28.8 Å². The van der Waals surface area contributed by atoms with Gasteiger partial charge in [-0.05, 0) is 60.1 Å². The maximum absolute atomic E-state index is 12.4. The maximum Gasteiger partial charge on any atom is 0.319 e. The van der Waals surface area contributed by atoms with E-state index in [1.54, 1.807) is 13.0 Å². The Kier molecular flexibility index (Phi) is 4.66. The predicted octanol–water partition coefficient (Wildman–Crippen LogP) is 4.91. The number of benzene rings is 2. The van der Waals surface area contributed by atoms with Crippen LogP contribution in [0.1, 0.15) is 35.6 Å². The van der Waals surface area contributed by atoms with Gasteiger partial charge in [-0.3, -0.25) is 0 Å². The lowest BCUT2D eigenvalue weighted by molar-refractivity contribution is 0.0595. The summed E-state index contributed by atoms with van der Waals surface area (Å²) < 4.78 is 0. The van der Waals surface area contributed by atoms with Crippen molar-refractivity contribution in [1.82, 2.24) is 5.32 Å². The monoisotopic (exact) mass is 402 g/mol. The van der Waals surface area contributed by atoms with E-state index in [9.17, 15) is 9.90 Å². The van der Waals surface area contributed by atoms with E-state index >= 15 is 0 Å². The van der Waals surface area contributed by atoms with Crippen LogP contribution in [0.4, 0.5) is 10.5 Å². The average Bonchev–Trinajstić information content (AvgIpc) is 3.17. The highest BCUT2D eigenvalue weighted by Gasteiger charge is 2.35. The number of carbonyl (C=O) groups is 1. The summed E-state index contributed by atoms with van der Waals surface area (Å²) in [5, 5.41) is 16.8. The second kappa shape index (κ2) is 6.86. The molecule has 2 aliphatic carbocycles. The van der Waals surface area contributed by atoms with Gasteiger partial charge in [0.2, 0.25) is 0 Å². The molecule has 2 aromatic rings. The molecule has 1 atom stereocenters. The molecule has 140 valence electrons. The van der Waals surface area contributed by atoms with Gasteiger partial charge >= 0.3 is 6.03 Å². The van der Waals surface area contributed by atoms with Crippen molar-refractivity contribution in [3.8, 4) is 0 Å². The van der Waals surface area contributed by atoms with Gasteiger partial charge in [0.15, 0.2) is 0 Å². The van der Waals surface area contributed by atoms with Crippen LogP contribution in [0.3, 0.4) is 0 Å². The summed E-state index contributed by atoms with van der Waals surface area (Å²) in [6.07, 6.45) is 4.18. The molecule has 0 radical (unpaired) electrons. The fourth-order valence-electron chi connectivity index (χ4n) is 3.82. The van der Waals surface area contributed by atoms with Crippen LogP contribution in [-0.4, -0.2) is 17.7 Å². The lowest BCUT2D eigenvalue weighted by Gasteiger charge is -2.20. The summed E-state index contributed by atoms with van der Waals surface area (Å²) in [5.41, 5.74) is 4.64. The molecule has 4 nitrogen and oxygen atoms in total. The van der Waals surface area contributed by atoms with Crippen molar-refractivity contribution < 1.29 is 9.90 Å². The quantitative estimate of drug-likeness (QED) is 0.682. The van der Waals surface area contributed by atoms with Gasteiger partial charge in [-0.2, -0.15) is 0 Å². The first kappa shape index (κ1) is 18.4. The summed E-state index contributed by atoms with van der Waals surface area (Å²) in [6.45, 7) is 2.20. The second-order valence-electron chi connectivity index (χ2n) is 7.33.